The van der Waals surface area contributed by atoms with Gasteiger partial charge in [-0.25, -0.2) is 17.5 Å². The number of hydrogen-bond donors (Lipinski definition) is 1. The maximum atomic E-state index is 13.5. The van der Waals surface area contributed by atoms with Crippen LogP contribution in [0, 0.1) is 5.82 Å². The van der Waals surface area contributed by atoms with Gasteiger partial charge in [-0.2, -0.15) is 0 Å². The first kappa shape index (κ1) is 22.3. The molecule has 1 N–H and O–H groups in total. The van der Waals surface area contributed by atoms with Gasteiger partial charge in [-0.15, -0.1) is 0 Å². The van der Waals surface area contributed by atoms with E-state index in [9.17, 15) is 12.8 Å². The summed E-state index contributed by atoms with van der Waals surface area (Å²) >= 11 is 0. The maximum Gasteiger partial charge on any atom is 0.240 e. The van der Waals surface area contributed by atoms with Gasteiger partial charge in [0.25, 0.3) is 0 Å². The molecule has 6 nitrogen and oxygen atoms in total. The highest BCUT2D eigenvalue weighted by Crippen LogP contribution is 2.20. The molecule has 154 valence electrons. The zero-order valence-electron chi connectivity index (χ0n) is 16.4. The highest BCUT2D eigenvalue weighted by atomic mass is 32.2. The quantitative estimate of drug-likeness (QED) is 0.577. The van der Waals surface area contributed by atoms with Gasteiger partial charge in [-0.1, -0.05) is 12.1 Å². The molecule has 8 heteroatoms. The normalized spacial score (nSPS) is 12.9. The molecule has 0 aliphatic rings. The molecule has 0 saturated carbocycles. The maximum absolute atomic E-state index is 13.5. The molecule has 0 amide bonds. The van der Waals surface area contributed by atoms with Crippen LogP contribution in [0.4, 0.5) is 4.39 Å². The minimum absolute atomic E-state index is 0.116. The Bertz CT molecular complexity index is 842. The zero-order chi connectivity index (χ0) is 20.6. The highest BCUT2D eigenvalue weighted by Gasteiger charge is 2.20. The molecule has 2 rings (SSSR count). The molecule has 0 saturated heterocycles. The van der Waals surface area contributed by atoms with Crippen molar-refractivity contribution >= 4 is 10.0 Å². The number of likely N-dealkylation sites (N-methyl/N-ethyl adjacent to an activating group) is 1. The minimum atomic E-state index is -3.70. The lowest BCUT2D eigenvalue weighted by Gasteiger charge is -2.25. The van der Waals surface area contributed by atoms with Crippen LogP contribution in [0.1, 0.15) is 18.5 Å². The van der Waals surface area contributed by atoms with Gasteiger partial charge in [0.1, 0.15) is 18.2 Å². The smallest absolute Gasteiger partial charge is 0.240 e. The summed E-state index contributed by atoms with van der Waals surface area (Å²) in [6.45, 7) is 3.52. The Labute approximate surface area is 166 Å². The van der Waals surface area contributed by atoms with Crippen molar-refractivity contribution in [2.75, 3.05) is 40.5 Å². The lowest BCUT2D eigenvalue weighted by molar-refractivity contribution is 0.110. The Balaban J connectivity index is 2.01. The van der Waals surface area contributed by atoms with Gasteiger partial charge in [0.05, 0.1) is 11.5 Å². The monoisotopic (exact) mass is 410 g/mol. The van der Waals surface area contributed by atoms with Gasteiger partial charge in [0.15, 0.2) is 0 Å². The second-order valence-electron chi connectivity index (χ2n) is 6.40. The predicted molar refractivity (Wildman–Crippen MR) is 106 cm³/mol. The first-order valence-corrected chi connectivity index (χ1v) is 10.5. The zero-order valence-corrected chi connectivity index (χ0v) is 17.2. The summed E-state index contributed by atoms with van der Waals surface area (Å²) in [7, 11) is -0.0681. The van der Waals surface area contributed by atoms with Crippen LogP contribution in [0.15, 0.2) is 53.4 Å². The summed E-state index contributed by atoms with van der Waals surface area (Å²) in [5.74, 6) is 0.219. The van der Waals surface area contributed by atoms with E-state index in [1.165, 1.54) is 24.3 Å². The number of rotatable bonds is 11. The van der Waals surface area contributed by atoms with Crippen LogP contribution in [0.5, 0.6) is 5.75 Å². The topological polar surface area (TPSA) is 67.9 Å². The number of halogens is 1. The summed E-state index contributed by atoms with van der Waals surface area (Å²) in [5.41, 5.74) is 0.700. The summed E-state index contributed by atoms with van der Waals surface area (Å²) in [6.07, 6.45) is 0. The predicted octanol–water partition coefficient (Wildman–Crippen LogP) is 2.82. The fourth-order valence-electron chi connectivity index (χ4n) is 2.66. The number of nitrogens with zero attached hydrogens (tertiary/aromatic N) is 1. The summed E-state index contributed by atoms with van der Waals surface area (Å²) in [5, 5.41) is 0. The minimum Gasteiger partial charge on any atom is -0.491 e. The van der Waals surface area contributed by atoms with Crippen molar-refractivity contribution in [1.82, 2.24) is 9.62 Å². The number of hydrogen-bond acceptors (Lipinski definition) is 5. The third-order valence-corrected chi connectivity index (χ3v) is 5.60. The molecular formula is C20H27FN2O4S. The Morgan fingerprint density at radius 2 is 1.82 bits per heavy atom. The lowest BCUT2D eigenvalue weighted by atomic mass is 10.1. The van der Waals surface area contributed by atoms with Crippen molar-refractivity contribution in [2.24, 2.45) is 0 Å². The molecule has 2 aromatic rings. The Kier molecular flexibility index (Phi) is 8.37. The fraction of sp³-hybridized carbons (Fsp3) is 0.400. The molecule has 0 bridgehead atoms. The van der Waals surface area contributed by atoms with E-state index in [2.05, 4.69) is 4.72 Å². The van der Waals surface area contributed by atoms with E-state index in [1.807, 2.05) is 25.9 Å². The molecule has 1 unspecified atom stereocenters. The largest absolute Gasteiger partial charge is 0.491 e. The molecule has 0 heterocycles. The average molecular weight is 411 g/mol. The summed E-state index contributed by atoms with van der Waals surface area (Å²) < 4.78 is 52.0. The van der Waals surface area contributed by atoms with Crippen LogP contribution in [0.2, 0.25) is 0 Å². The van der Waals surface area contributed by atoms with Crippen molar-refractivity contribution in [3.8, 4) is 5.75 Å². The summed E-state index contributed by atoms with van der Waals surface area (Å²) in [6, 6.07) is 12.1. The Morgan fingerprint density at radius 3 is 2.43 bits per heavy atom. The van der Waals surface area contributed by atoms with Crippen LogP contribution >= 0.6 is 0 Å². The Morgan fingerprint density at radius 1 is 1.11 bits per heavy atom. The van der Waals surface area contributed by atoms with E-state index in [-0.39, 0.29) is 23.3 Å². The SMILES string of the molecule is CCOCCOc1ccc(S(=O)(=O)NCC(c2cccc(F)c2)N(C)C)cc1. The van der Waals surface area contributed by atoms with Crippen LogP contribution in [-0.4, -0.2) is 53.8 Å². The molecule has 0 aliphatic carbocycles. The second-order valence-corrected chi connectivity index (χ2v) is 8.17. The van der Waals surface area contributed by atoms with Crippen molar-refractivity contribution in [2.45, 2.75) is 17.9 Å². The average Bonchev–Trinajstić information content (AvgIpc) is 2.65. The molecular weight excluding hydrogens is 383 g/mol. The van der Waals surface area contributed by atoms with E-state index < -0.39 is 10.0 Å². The molecule has 2 aromatic carbocycles. The number of ether oxygens (including phenoxy) is 2. The third kappa shape index (κ3) is 6.56. The van der Waals surface area contributed by atoms with Gasteiger partial charge in [0, 0.05) is 19.2 Å². The first-order chi connectivity index (χ1) is 13.3. The lowest BCUT2D eigenvalue weighted by Crippen LogP contribution is -2.34. The number of nitrogens with one attached hydrogen (secondary N) is 1. The molecule has 1 atom stereocenters. The van der Waals surface area contributed by atoms with Crippen LogP contribution < -0.4 is 9.46 Å². The van der Waals surface area contributed by atoms with Crippen molar-refractivity contribution in [1.29, 1.82) is 0 Å². The third-order valence-electron chi connectivity index (χ3n) is 4.16. The van der Waals surface area contributed by atoms with E-state index in [0.29, 0.717) is 31.1 Å². The number of sulfonamides is 1. The van der Waals surface area contributed by atoms with E-state index in [0.717, 1.165) is 0 Å². The molecule has 28 heavy (non-hydrogen) atoms. The standard InChI is InChI=1S/C20H27FN2O4S/c1-4-26-12-13-27-18-8-10-19(11-9-18)28(24,25)22-15-20(23(2)3)16-6-5-7-17(21)14-16/h5-11,14,20,22H,4,12-13,15H2,1-3H3. The highest BCUT2D eigenvalue weighted by molar-refractivity contribution is 7.89. The van der Waals surface area contributed by atoms with Crippen molar-refractivity contribution in [3.63, 3.8) is 0 Å². The van der Waals surface area contributed by atoms with Crippen molar-refractivity contribution in [3.05, 3.63) is 59.9 Å². The van der Waals surface area contributed by atoms with Gasteiger partial charge >= 0.3 is 0 Å². The van der Waals surface area contributed by atoms with E-state index in [4.69, 9.17) is 9.47 Å². The Hall–Kier alpha value is -2.00. The van der Waals surface area contributed by atoms with Gasteiger partial charge in [0.2, 0.25) is 10.0 Å². The molecule has 0 aromatic heterocycles. The van der Waals surface area contributed by atoms with Crippen molar-refractivity contribution < 1.29 is 22.3 Å². The number of benzene rings is 2. The molecule has 0 aliphatic heterocycles. The van der Waals surface area contributed by atoms with E-state index >= 15 is 0 Å². The summed E-state index contributed by atoms with van der Waals surface area (Å²) in [4.78, 5) is 1.98. The van der Waals surface area contributed by atoms with Gasteiger partial charge < -0.3 is 14.4 Å². The van der Waals surface area contributed by atoms with Crippen LogP contribution in [-0.2, 0) is 14.8 Å². The molecule has 0 spiro atoms. The van der Waals surface area contributed by atoms with Gasteiger partial charge in [-0.05, 0) is 63.0 Å². The second kappa shape index (κ2) is 10.5. The molecule has 0 radical (unpaired) electrons. The fourth-order valence-corrected chi connectivity index (χ4v) is 3.70. The van der Waals surface area contributed by atoms with Crippen LogP contribution in [0.25, 0.3) is 0 Å². The first-order valence-electron chi connectivity index (χ1n) is 9.05. The van der Waals surface area contributed by atoms with Crippen LogP contribution in [0.3, 0.4) is 0 Å². The molecule has 0 fully saturated rings. The van der Waals surface area contributed by atoms with E-state index in [1.54, 1.807) is 24.3 Å². The van der Waals surface area contributed by atoms with Gasteiger partial charge in [-0.3, -0.25) is 0 Å².